The number of thiazole rings is 1. The van der Waals surface area contributed by atoms with Crippen LogP contribution in [0.3, 0.4) is 0 Å². The maximum atomic E-state index is 13.5. The molecule has 2 heterocycles. The zero-order valence-corrected chi connectivity index (χ0v) is 25.2. The molecule has 220 valence electrons. The van der Waals surface area contributed by atoms with Gasteiger partial charge in [-0.1, -0.05) is 66.8 Å². The van der Waals surface area contributed by atoms with Gasteiger partial charge < -0.3 is 14.6 Å². The number of hydrogen-bond donors (Lipinski definition) is 1. The van der Waals surface area contributed by atoms with Crippen LogP contribution < -0.4 is 9.64 Å². The molecule has 1 saturated heterocycles. The summed E-state index contributed by atoms with van der Waals surface area (Å²) >= 11 is 0.979. The largest absolute Gasteiger partial charge is 0.507 e. The van der Waals surface area contributed by atoms with Crippen LogP contribution >= 0.6 is 11.3 Å². The molecule has 0 radical (unpaired) electrons. The van der Waals surface area contributed by atoms with Crippen LogP contribution in [0.2, 0.25) is 0 Å². The topological polar surface area (TPSA) is 106 Å². The third-order valence-corrected chi connectivity index (χ3v) is 8.52. The summed E-state index contributed by atoms with van der Waals surface area (Å²) < 4.78 is 11.1. The number of amides is 1. The lowest BCUT2D eigenvalue weighted by atomic mass is 9.94. The first kappa shape index (κ1) is 29.7. The van der Waals surface area contributed by atoms with Gasteiger partial charge in [0.05, 0.1) is 23.9 Å². The van der Waals surface area contributed by atoms with Gasteiger partial charge in [0.15, 0.2) is 5.13 Å². The zero-order chi connectivity index (χ0) is 30.7. The van der Waals surface area contributed by atoms with Crippen molar-refractivity contribution in [1.29, 1.82) is 0 Å². The monoisotopic (exact) mass is 596 g/mol. The Kier molecular flexibility index (Phi) is 8.73. The molecule has 43 heavy (non-hydrogen) atoms. The molecule has 1 atom stereocenters. The highest BCUT2D eigenvalue weighted by molar-refractivity contribution is 7.17. The number of ether oxygens (including phenoxy) is 2. The van der Waals surface area contributed by atoms with Crippen molar-refractivity contribution in [2.24, 2.45) is 0 Å². The summed E-state index contributed by atoms with van der Waals surface area (Å²) in [7, 11) is 0. The summed E-state index contributed by atoms with van der Waals surface area (Å²) in [4.78, 5) is 45.6. The Bertz CT molecular complexity index is 1710. The number of nitrogens with zero attached hydrogens (tertiary/aromatic N) is 2. The third kappa shape index (κ3) is 5.94. The Balaban J connectivity index is 1.53. The number of carbonyl (C=O) groups is 3. The molecular formula is C34H32N2O6S. The number of ketones is 1. The van der Waals surface area contributed by atoms with Crippen molar-refractivity contribution < 1.29 is 29.0 Å². The van der Waals surface area contributed by atoms with Crippen LogP contribution in [0.25, 0.3) is 5.76 Å². The first-order valence-electron chi connectivity index (χ1n) is 14.1. The van der Waals surface area contributed by atoms with E-state index in [1.807, 2.05) is 62.4 Å². The highest BCUT2D eigenvalue weighted by atomic mass is 32.1. The molecule has 1 aliphatic heterocycles. The minimum atomic E-state index is -0.955. The fourth-order valence-corrected chi connectivity index (χ4v) is 5.94. The molecule has 1 aliphatic rings. The molecule has 1 amide bonds. The quantitative estimate of drug-likeness (QED) is 0.0991. The molecule has 0 bridgehead atoms. The lowest BCUT2D eigenvalue weighted by Gasteiger charge is -2.23. The van der Waals surface area contributed by atoms with Crippen LogP contribution in [-0.4, -0.2) is 34.4 Å². The molecule has 1 fully saturated rings. The van der Waals surface area contributed by atoms with E-state index in [-0.39, 0.29) is 27.9 Å². The minimum absolute atomic E-state index is 0.0617. The van der Waals surface area contributed by atoms with Gasteiger partial charge in [0, 0.05) is 5.56 Å². The first-order valence-corrected chi connectivity index (χ1v) is 14.9. The minimum Gasteiger partial charge on any atom is -0.507 e. The molecule has 0 aliphatic carbocycles. The van der Waals surface area contributed by atoms with Crippen molar-refractivity contribution in [3.05, 3.63) is 117 Å². The van der Waals surface area contributed by atoms with Crippen LogP contribution in [0, 0.1) is 13.8 Å². The van der Waals surface area contributed by atoms with Crippen molar-refractivity contribution in [3.63, 3.8) is 0 Å². The molecule has 1 N–H and O–H groups in total. The van der Waals surface area contributed by atoms with Crippen molar-refractivity contribution >= 4 is 39.9 Å². The third-order valence-electron chi connectivity index (χ3n) is 7.38. The number of carbonyl (C=O) groups excluding carboxylic acids is 3. The van der Waals surface area contributed by atoms with Crippen LogP contribution in [-0.2, 0) is 27.4 Å². The summed E-state index contributed by atoms with van der Waals surface area (Å²) in [6.45, 7) is 7.98. The van der Waals surface area contributed by atoms with Gasteiger partial charge in [-0.15, -0.1) is 0 Å². The number of aliphatic hydroxyl groups excluding tert-OH is 1. The van der Waals surface area contributed by atoms with Gasteiger partial charge in [-0.05, 0) is 73.7 Å². The molecule has 9 heteroatoms. The van der Waals surface area contributed by atoms with Gasteiger partial charge in [0.25, 0.3) is 5.78 Å². The maximum Gasteiger partial charge on any atom is 0.350 e. The van der Waals surface area contributed by atoms with E-state index in [0.717, 1.165) is 34.4 Å². The fourth-order valence-electron chi connectivity index (χ4n) is 4.95. The van der Waals surface area contributed by atoms with Crippen molar-refractivity contribution in [2.45, 2.75) is 46.8 Å². The number of Topliss-reactive ketones (excluding diaryl/α,β-unsaturated/α-hetero) is 1. The number of hydrogen-bond acceptors (Lipinski definition) is 8. The standard InChI is InChI=1S/C34H32N2O6S/c1-5-22-11-13-23(14-12-22)28-27(30(38)32(39)36(28)34-35-21(4)31(43-34)33(40)41-6-2)29(37)24-15-17-26(18-16-24)42-19-25-10-8-7-9-20(25)3/h7-18,28,37H,5-6,19H2,1-4H3/b29-27+. The van der Waals surface area contributed by atoms with E-state index in [0.29, 0.717) is 29.2 Å². The fraction of sp³-hybridized carbons (Fsp3) is 0.235. The smallest absolute Gasteiger partial charge is 0.350 e. The van der Waals surface area contributed by atoms with E-state index in [9.17, 15) is 19.5 Å². The van der Waals surface area contributed by atoms with E-state index >= 15 is 0 Å². The molecule has 1 aromatic heterocycles. The number of anilines is 1. The van der Waals surface area contributed by atoms with Crippen LogP contribution in [0.4, 0.5) is 5.13 Å². The number of aromatic nitrogens is 1. The zero-order valence-electron chi connectivity index (χ0n) is 24.4. The van der Waals surface area contributed by atoms with Crippen LogP contribution in [0.5, 0.6) is 5.75 Å². The average molecular weight is 597 g/mol. The summed E-state index contributed by atoms with van der Waals surface area (Å²) in [6, 6.07) is 21.2. The molecule has 1 unspecified atom stereocenters. The Morgan fingerprint density at radius 2 is 1.67 bits per heavy atom. The molecule has 3 aromatic carbocycles. The lowest BCUT2D eigenvalue weighted by Crippen LogP contribution is -2.29. The normalized spacial score (nSPS) is 16.0. The van der Waals surface area contributed by atoms with Crippen LogP contribution in [0.15, 0.2) is 78.4 Å². The SMILES string of the molecule is CCOC(=O)c1sc(N2C(=O)C(=O)/C(=C(/O)c3ccc(OCc4ccccc4C)cc3)C2c2ccc(CC)cc2)nc1C. The number of aryl methyl sites for hydroxylation is 3. The number of benzene rings is 3. The predicted octanol–water partition coefficient (Wildman–Crippen LogP) is 6.70. The van der Waals surface area contributed by atoms with E-state index in [1.54, 1.807) is 38.1 Å². The van der Waals surface area contributed by atoms with Crippen molar-refractivity contribution in [3.8, 4) is 5.75 Å². The van der Waals surface area contributed by atoms with Crippen molar-refractivity contribution in [1.82, 2.24) is 4.98 Å². The highest BCUT2D eigenvalue weighted by Gasteiger charge is 2.48. The average Bonchev–Trinajstić information content (AvgIpc) is 3.53. The van der Waals surface area contributed by atoms with Gasteiger partial charge in [0.2, 0.25) is 0 Å². The van der Waals surface area contributed by atoms with Gasteiger partial charge in [0.1, 0.15) is 23.0 Å². The molecule has 0 spiro atoms. The van der Waals surface area contributed by atoms with E-state index in [2.05, 4.69) is 4.98 Å². The summed E-state index contributed by atoms with van der Waals surface area (Å²) in [5.41, 5.74) is 4.58. The number of esters is 1. The van der Waals surface area contributed by atoms with Crippen LogP contribution in [0.1, 0.15) is 63.1 Å². The van der Waals surface area contributed by atoms with Gasteiger partial charge in [-0.3, -0.25) is 14.5 Å². The predicted molar refractivity (Wildman–Crippen MR) is 165 cm³/mol. The molecular weight excluding hydrogens is 564 g/mol. The Morgan fingerprint density at radius 3 is 2.33 bits per heavy atom. The Labute approximate surface area is 254 Å². The summed E-state index contributed by atoms with van der Waals surface area (Å²) in [6.07, 6.45) is 0.813. The van der Waals surface area contributed by atoms with Gasteiger partial charge in [-0.2, -0.15) is 0 Å². The summed E-state index contributed by atoms with van der Waals surface area (Å²) in [5.74, 6) is -1.94. The Hall–Kier alpha value is -4.76. The molecule has 4 aromatic rings. The van der Waals surface area contributed by atoms with Gasteiger partial charge >= 0.3 is 11.9 Å². The first-order chi connectivity index (χ1) is 20.7. The van der Waals surface area contributed by atoms with Crippen molar-refractivity contribution in [2.75, 3.05) is 11.5 Å². The van der Waals surface area contributed by atoms with E-state index < -0.39 is 23.7 Å². The molecule has 8 nitrogen and oxygen atoms in total. The van der Waals surface area contributed by atoms with E-state index in [1.165, 1.54) is 4.90 Å². The number of aliphatic hydroxyl groups is 1. The Morgan fingerprint density at radius 1 is 0.977 bits per heavy atom. The summed E-state index contributed by atoms with van der Waals surface area (Å²) in [5, 5.41) is 11.7. The molecule has 5 rings (SSSR count). The van der Waals surface area contributed by atoms with Gasteiger partial charge in [-0.25, -0.2) is 9.78 Å². The van der Waals surface area contributed by atoms with E-state index in [4.69, 9.17) is 9.47 Å². The molecule has 0 saturated carbocycles. The second kappa shape index (κ2) is 12.6. The maximum absolute atomic E-state index is 13.5. The second-order valence-electron chi connectivity index (χ2n) is 10.1. The number of rotatable bonds is 9. The lowest BCUT2D eigenvalue weighted by molar-refractivity contribution is -0.132. The highest BCUT2D eigenvalue weighted by Crippen LogP contribution is 2.44. The second-order valence-corrected chi connectivity index (χ2v) is 11.1.